The second kappa shape index (κ2) is 9.68. The fourth-order valence-electron chi connectivity index (χ4n) is 5.80. The molecule has 7 rings (SSSR count). The highest BCUT2D eigenvalue weighted by Crippen LogP contribution is 2.54. The molecule has 4 saturated carbocycles. The Balaban J connectivity index is 1.18. The second-order valence-electron chi connectivity index (χ2n) is 10.8. The number of aromatic carboxylic acids is 1. The normalized spacial score (nSPS) is 24.2. The monoisotopic (exact) mass is 551 g/mol. The molecule has 3 aromatic heterocycles. The first-order chi connectivity index (χ1) is 18.3. The molecule has 0 aromatic carbocycles. The molecule has 38 heavy (non-hydrogen) atoms. The summed E-state index contributed by atoms with van der Waals surface area (Å²) in [6.45, 7) is 2.10. The van der Waals surface area contributed by atoms with Crippen molar-refractivity contribution in [3.63, 3.8) is 0 Å². The molecule has 2 bridgehead atoms. The maximum absolute atomic E-state index is 11.3. The molecule has 3 heterocycles. The van der Waals surface area contributed by atoms with Crippen molar-refractivity contribution in [3.8, 4) is 23.1 Å². The van der Waals surface area contributed by atoms with Gasteiger partial charge in [-0.05, 0) is 76.3 Å². The zero-order valence-corrected chi connectivity index (χ0v) is 22.5. The summed E-state index contributed by atoms with van der Waals surface area (Å²) in [6.07, 6.45) is 11.0. The molecule has 0 unspecified atom stereocenters. The van der Waals surface area contributed by atoms with Crippen LogP contribution in [0.4, 0.5) is 0 Å². The van der Waals surface area contributed by atoms with E-state index in [0.717, 1.165) is 62.7 Å². The number of hydrogen-bond acceptors (Lipinski definition) is 6. The van der Waals surface area contributed by atoms with Gasteiger partial charge in [-0.15, -0.1) is 0 Å². The predicted molar refractivity (Wildman–Crippen MR) is 142 cm³/mol. The van der Waals surface area contributed by atoms with Gasteiger partial charge in [0.1, 0.15) is 17.1 Å². The SMILES string of the molecule is Cc1nc(C#CC23CCC(OCc4c(-c5c(Cl)cncc5Cl)noc4C4CC4)(CC2)CC3)ccc1C(=O)O. The van der Waals surface area contributed by atoms with Crippen LogP contribution in [0.1, 0.15) is 90.4 Å². The van der Waals surface area contributed by atoms with Crippen LogP contribution in [0.5, 0.6) is 0 Å². The van der Waals surface area contributed by atoms with Gasteiger partial charge in [-0.1, -0.05) is 34.3 Å². The summed E-state index contributed by atoms with van der Waals surface area (Å²) in [5.74, 6) is 7.00. The van der Waals surface area contributed by atoms with E-state index in [1.807, 2.05) is 0 Å². The maximum Gasteiger partial charge on any atom is 0.337 e. The Labute approximate surface area is 230 Å². The van der Waals surface area contributed by atoms with E-state index >= 15 is 0 Å². The Morgan fingerprint density at radius 2 is 1.82 bits per heavy atom. The Bertz CT molecular complexity index is 1440. The molecule has 196 valence electrons. The molecule has 7 nitrogen and oxygen atoms in total. The number of rotatable bonds is 6. The van der Waals surface area contributed by atoms with Crippen LogP contribution in [0.15, 0.2) is 29.0 Å². The molecule has 0 aliphatic heterocycles. The third-order valence-corrected chi connectivity index (χ3v) is 8.90. The van der Waals surface area contributed by atoms with Gasteiger partial charge in [0.15, 0.2) is 0 Å². The third kappa shape index (κ3) is 4.70. The number of aryl methyl sites for hydroxylation is 1. The molecule has 0 atom stereocenters. The molecule has 4 aliphatic carbocycles. The number of fused-ring (bicyclic) bond motifs is 3. The van der Waals surface area contributed by atoms with Gasteiger partial charge in [-0.3, -0.25) is 4.98 Å². The van der Waals surface area contributed by atoms with E-state index in [1.165, 1.54) is 0 Å². The van der Waals surface area contributed by atoms with Crippen molar-refractivity contribution in [1.29, 1.82) is 0 Å². The lowest BCUT2D eigenvalue weighted by atomic mass is 9.59. The summed E-state index contributed by atoms with van der Waals surface area (Å²) in [5, 5.41) is 14.5. The van der Waals surface area contributed by atoms with Gasteiger partial charge in [0.2, 0.25) is 0 Å². The van der Waals surface area contributed by atoms with Gasteiger partial charge >= 0.3 is 5.97 Å². The van der Waals surface area contributed by atoms with E-state index < -0.39 is 5.97 Å². The van der Waals surface area contributed by atoms with Crippen molar-refractivity contribution in [2.75, 3.05) is 0 Å². The molecule has 4 fully saturated rings. The quantitative estimate of drug-likeness (QED) is 0.329. The molecule has 3 aromatic rings. The highest BCUT2D eigenvalue weighted by molar-refractivity contribution is 6.38. The Morgan fingerprint density at radius 3 is 2.42 bits per heavy atom. The van der Waals surface area contributed by atoms with Crippen molar-refractivity contribution < 1.29 is 19.2 Å². The third-order valence-electron chi connectivity index (χ3n) is 8.33. The molecule has 1 N–H and O–H groups in total. The summed E-state index contributed by atoms with van der Waals surface area (Å²) in [5.41, 5.74) is 3.27. The summed E-state index contributed by atoms with van der Waals surface area (Å²) in [4.78, 5) is 19.7. The number of carboxylic acids is 1. The standard InChI is InChI=1S/C29H27Cl2N3O4/c1-17-20(27(35)36)5-4-19(33-17)6-7-28-8-11-29(12-9-28,13-10-28)37-16-21-25(34-38-26(21)18-2-3-18)24-22(30)14-32-15-23(24)31/h4-5,14-15,18H,2-3,8-13,16H2,1H3,(H,35,36). The average Bonchev–Trinajstić information content (AvgIpc) is 3.67. The number of carboxylic acid groups (broad SMARTS) is 1. The van der Waals surface area contributed by atoms with Crippen LogP contribution in [0.2, 0.25) is 10.0 Å². The maximum atomic E-state index is 11.3. The number of nitrogens with zero attached hydrogens (tertiary/aromatic N) is 3. The fourth-order valence-corrected chi connectivity index (χ4v) is 6.34. The number of halogens is 2. The number of aromatic nitrogens is 3. The van der Waals surface area contributed by atoms with Gasteiger partial charge in [-0.25, -0.2) is 9.78 Å². The molecule has 0 amide bonds. The van der Waals surface area contributed by atoms with Crippen molar-refractivity contribution in [2.45, 2.75) is 76.4 Å². The van der Waals surface area contributed by atoms with Crippen molar-refractivity contribution in [2.24, 2.45) is 5.41 Å². The lowest BCUT2D eigenvalue weighted by molar-refractivity contribution is -0.131. The number of pyridine rings is 2. The lowest BCUT2D eigenvalue weighted by Crippen LogP contribution is -2.47. The highest BCUT2D eigenvalue weighted by atomic mass is 35.5. The molecule has 9 heteroatoms. The molecular weight excluding hydrogens is 525 g/mol. The van der Waals surface area contributed by atoms with Crippen LogP contribution >= 0.6 is 23.2 Å². The second-order valence-corrected chi connectivity index (χ2v) is 11.6. The molecule has 4 aliphatic rings. The van der Waals surface area contributed by atoms with E-state index in [2.05, 4.69) is 27.0 Å². The Hall–Kier alpha value is -2.92. The summed E-state index contributed by atoms with van der Waals surface area (Å²) in [6, 6.07) is 3.27. The van der Waals surface area contributed by atoms with Crippen molar-refractivity contribution in [3.05, 3.63) is 62.8 Å². The number of carbonyl (C=O) groups is 1. The zero-order chi connectivity index (χ0) is 26.5. The topological polar surface area (TPSA) is 98.3 Å². The lowest BCUT2D eigenvalue weighted by Gasteiger charge is -2.51. The average molecular weight is 552 g/mol. The zero-order valence-electron chi connectivity index (χ0n) is 21.0. The van der Waals surface area contributed by atoms with Crippen molar-refractivity contribution in [1.82, 2.24) is 15.1 Å². The largest absolute Gasteiger partial charge is 0.478 e. The highest BCUT2D eigenvalue weighted by Gasteiger charge is 2.49. The molecule has 0 saturated heterocycles. The predicted octanol–water partition coefficient (Wildman–Crippen LogP) is 6.98. The van der Waals surface area contributed by atoms with Crippen LogP contribution in [-0.2, 0) is 11.3 Å². The fraction of sp³-hybridized carbons (Fsp3) is 0.448. The minimum absolute atomic E-state index is 0.0498. The van der Waals surface area contributed by atoms with Crippen LogP contribution in [0.3, 0.4) is 0 Å². The first kappa shape index (κ1) is 25.4. The van der Waals surface area contributed by atoms with Gasteiger partial charge in [0.05, 0.1) is 33.5 Å². The summed E-state index contributed by atoms with van der Waals surface area (Å²) < 4.78 is 12.5. The van der Waals surface area contributed by atoms with Crippen LogP contribution < -0.4 is 0 Å². The molecule has 0 spiro atoms. The molecule has 0 radical (unpaired) electrons. The van der Waals surface area contributed by atoms with Gasteiger partial charge in [-0.2, -0.15) is 0 Å². The first-order valence-electron chi connectivity index (χ1n) is 12.9. The minimum atomic E-state index is -0.974. The van der Waals surface area contributed by atoms with E-state index in [4.69, 9.17) is 32.5 Å². The van der Waals surface area contributed by atoms with E-state index in [1.54, 1.807) is 31.5 Å². The Morgan fingerprint density at radius 1 is 1.13 bits per heavy atom. The smallest absolute Gasteiger partial charge is 0.337 e. The van der Waals surface area contributed by atoms with Gasteiger partial charge in [0.25, 0.3) is 0 Å². The number of ether oxygens (including phenoxy) is 1. The summed E-state index contributed by atoms with van der Waals surface area (Å²) in [7, 11) is 0. The van der Waals surface area contributed by atoms with E-state index in [-0.39, 0.29) is 16.6 Å². The first-order valence-corrected chi connectivity index (χ1v) is 13.7. The van der Waals surface area contributed by atoms with Crippen LogP contribution in [0.25, 0.3) is 11.3 Å². The van der Waals surface area contributed by atoms with Crippen LogP contribution in [-0.4, -0.2) is 31.8 Å². The van der Waals surface area contributed by atoms with E-state index in [9.17, 15) is 9.90 Å². The summed E-state index contributed by atoms with van der Waals surface area (Å²) >= 11 is 12.9. The number of hydrogen-bond donors (Lipinski definition) is 1. The van der Waals surface area contributed by atoms with Gasteiger partial charge < -0.3 is 14.4 Å². The van der Waals surface area contributed by atoms with Crippen molar-refractivity contribution >= 4 is 29.2 Å². The Kier molecular flexibility index (Phi) is 6.46. The minimum Gasteiger partial charge on any atom is -0.478 e. The molecular formula is C29H27Cl2N3O4. The van der Waals surface area contributed by atoms with Gasteiger partial charge in [0, 0.05) is 34.9 Å². The van der Waals surface area contributed by atoms with Crippen LogP contribution in [0, 0.1) is 24.2 Å². The van der Waals surface area contributed by atoms with E-state index in [0.29, 0.717) is 45.2 Å².